The number of H-pyrrole nitrogens is 1. The number of nitrogens with two attached hydrogens (primary N) is 1. The molecule has 0 radical (unpaired) electrons. The molecule has 32 heavy (non-hydrogen) atoms. The maximum Gasteiger partial charge on any atom is 0.326 e. The number of aromatic nitrogens is 2. The summed E-state index contributed by atoms with van der Waals surface area (Å²) in [6.07, 6.45) is 2.76. The molecule has 2 heterocycles. The topological polar surface area (TPSA) is 191 Å². The fraction of sp³-hybridized carbons (Fsp3) is 0.650. The molecule has 1 saturated heterocycles. The zero-order valence-corrected chi connectivity index (χ0v) is 18.4. The number of hydrogen-bond acceptors (Lipinski definition) is 7. The minimum Gasteiger partial charge on any atom is -0.480 e. The summed E-state index contributed by atoms with van der Waals surface area (Å²) in [5.41, 5.74) is 6.53. The highest BCUT2D eigenvalue weighted by Crippen LogP contribution is 2.20. The van der Waals surface area contributed by atoms with Gasteiger partial charge in [0.25, 0.3) is 0 Å². The van der Waals surface area contributed by atoms with Crippen molar-refractivity contribution in [2.45, 2.75) is 70.3 Å². The summed E-state index contributed by atoms with van der Waals surface area (Å²) in [6, 6.07) is -4.29. The van der Waals surface area contributed by atoms with Crippen LogP contribution in [0.3, 0.4) is 0 Å². The van der Waals surface area contributed by atoms with E-state index in [2.05, 4.69) is 20.6 Å². The number of aliphatic hydroxyl groups excluding tert-OH is 1. The number of likely N-dealkylation sites (tertiary alicyclic amines) is 1. The van der Waals surface area contributed by atoms with Crippen LogP contribution in [0.2, 0.25) is 0 Å². The van der Waals surface area contributed by atoms with Crippen LogP contribution in [0.4, 0.5) is 0 Å². The molecule has 1 aromatic heterocycles. The number of nitrogens with zero attached hydrogens (tertiary/aromatic N) is 2. The van der Waals surface area contributed by atoms with Gasteiger partial charge in [-0.15, -0.1) is 0 Å². The molecule has 12 nitrogen and oxygen atoms in total. The van der Waals surface area contributed by atoms with Crippen LogP contribution in [-0.4, -0.2) is 85.6 Å². The Morgan fingerprint density at radius 2 is 1.88 bits per heavy atom. The van der Waals surface area contributed by atoms with E-state index in [0.717, 1.165) is 0 Å². The first-order chi connectivity index (χ1) is 15.0. The Morgan fingerprint density at radius 3 is 2.41 bits per heavy atom. The van der Waals surface area contributed by atoms with Crippen molar-refractivity contribution in [3.8, 4) is 0 Å². The third-order valence-corrected chi connectivity index (χ3v) is 5.45. The number of rotatable bonds is 10. The van der Waals surface area contributed by atoms with E-state index in [1.54, 1.807) is 13.8 Å². The predicted molar refractivity (Wildman–Crippen MR) is 113 cm³/mol. The summed E-state index contributed by atoms with van der Waals surface area (Å²) >= 11 is 0. The lowest BCUT2D eigenvalue weighted by atomic mass is 10.0. The minimum absolute atomic E-state index is 0.151. The first kappa shape index (κ1) is 25.3. The van der Waals surface area contributed by atoms with Crippen molar-refractivity contribution < 1.29 is 29.4 Å². The van der Waals surface area contributed by atoms with Crippen LogP contribution in [0.15, 0.2) is 12.5 Å². The number of amides is 3. The Kier molecular flexibility index (Phi) is 8.72. The maximum atomic E-state index is 13.0. The van der Waals surface area contributed by atoms with Crippen molar-refractivity contribution in [1.29, 1.82) is 0 Å². The molecule has 12 heteroatoms. The van der Waals surface area contributed by atoms with E-state index in [1.165, 1.54) is 24.3 Å². The van der Waals surface area contributed by atoms with Crippen molar-refractivity contribution in [1.82, 2.24) is 25.5 Å². The Balaban J connectivity index is 2.07. The standard InChI is InChI=1S/C20H32N6O6/c1-10(2)15(19(30)26-6-4-5-14(26)20(31)32)24-18(29)16(11(3)27)25-17(28)13(21)7-12-8-22-9-23-12/h8-11,13-16,27H,4-7,21H2,1-3H3,(H,22,23)(H,24,29)(H,25,28)(H,31,32). The number of hydrogen-bond donors (Lipinski definition) is 6. The second-order valence-corrected chi connectivity index (χ2v) is 8.37. The average molecular weight is 453 g/mol. The van der Waals surface area contributed by atoms with Gasteiger partial charge in [-0.2, -0.15) is 0 Å². The number of carbonyl (C=O) groups excluding carboxylic acids is 3. The Hall–Kier alpha value is -2.99. The lowest BCUT2D eigenvalue weighted by molar-refractivity contribution is -0.150. The summed E-state index contributed by atoms with van der Waals surface area (Å²) in [5, 5.41) is 24.4. The molecule has 5 unspecified atom stereocenters. The molecule has 7 N–H and O–H groups in total. The van der Waals surface area contributed by atoms with Gasteiger partial charge in [0.1, 0.15) is 18.1 Å². The SMILES string of the molecule is CC(C)C(NC(=O)C(NC(=O)C(N)Cc1cnc[nH]1)C(C)O)C(=O)N1CCCC1C(=O)O. The molecule has 178 valence electrons. The van der Waals surface area contributed by atoms with Crippen molar-refractivity contribution in [3.05, 3.63) is 18.2 Å². The Bertz CT molecular complexity index is 812. The normalized spacial score (nSPS) is 19.8. The van der Waals surface area contributed by atoms with Gasteiger partial charge in [-0.3, -0.25) is 14.4 Å². The van der Waals surface area contributed by atoms with E-state index in [4.69, 9.17) is 5.73 Å². The molecule has 1 aliphatic heterocycles. The monoisotopic (exact) mass is 452 g/mol. The highest BCUT2D eigenvalue weighted by atomic mass is 16.4. The summed E-state index contributed by atoms with van der Waals surface area (Å²) in [7, 11) is 0. The number of aliphatic hydroxyl groups is 1. The Morgan fingerprint density at radius 1 is 1.22 bits per heavy atom. The molecular formula is C20H32N6O6. The van der Waals surface area contributed by atoms with E-state index in [-0.39, 0.29) is 18.9 Å². The van der Waals surface area contributed by atoms with Gasteiger partial charge in [0.15, 0.2) is 0 Å². The van der Waals surface area contributed by atoms with Crippen LogP contribution in [-0.2, 0) is 25.6 Å². The van der Waals surface area contributed by atoms with Gasteiger partial charge in [0.2, 0.25) is 17.7 Å². The first-order valence-corrected chi connectivity index (χ1v) is 10.6. The zero-order chi connectivity index (χ0) is 24.0. The largest absolute Gasteiger partial charge is 0.480 e. The van der Waals surface area contributed by atoms with E-state index < -0.39 is 54.0 Å². The summed E-state index contributed by atoms with van der Waals surface area (Å²) in [4.78, 5) is 57.7. The van der Waals surface area contributed by atoms with Gasteiger partial charge < -0.3 is 36.5 Å². The second-order valence-electron chi connectivity index (χ2n) is 8.37. The van der Waals surface area contributed by atoms with Crippen LogP contribution >= 0.6 is 0 Å². The summed E-state index contributed by atoms with van der Waals surface area (Å²) in [5.74, 6) is -3.37. The van der Waals surface area contributed by atoms with Crippen LogP contribution < -0.4 is 16.4 Å². The quantitative estimate of drug-likeness (QED) is 0.243. The third-order valence-electron chi connectivity index (χ3n) is 5.45. The number of carbonyl (C=O) groups is 4. The first-order valence-electron chi connectivity index (χ1n) is 10.6. The molecule has 0 aliphatic carbocycles. The number of aliphatic carboxylic acids is 1. The van der Waals surface area contributed by atoms with Gasteiger partial charge >= 0.3 is 5.97 Å². The van der Waals surface area contributed by atoms with Crippen molar-refractivity contribution in [2.75, 3.05) is 6.54 Å². The Labute approximate surface area is 185 Å². The van der Waals surface area contributed by atoms with E-state index in [9.17, 15) is 29.4 Å². The lowest BCUT2D eigenvalue weighted by Gasteiger charge is -2.31. The minimum atomic E-state index is -1.35. The lowest BCUT2D eigenvalue weighted by Crippen LogP contribution is -2.61. The number of imidazole rings is 1. The van der Waals surface area contributed by atoms with E-state index in [0.29, 0.717) is 18.5 Å². The molecule has 0 bridgehead atoms. The van der Waals surface area contributed by atoms with E-state index in [1.807, 2.05) is 0 Å². The molecule has 1 aliphatic rings. The number of carboxylic acids is 1. The number of carboxylic acid groups (broad SMARTS) is 1. The molecule has 3 amide bonds. The summed E-state index contributed by atoms with van der Waals surface area (Å²) < 4.78 is 0. The smallest absolute Gasteiger partial charge is 0.326 e. The fourth-order valence-corrected chi connectivity index (χ4v) is 3.61. The predicted octanol–water partition coefficient (Wildman–Crippen LogP) is -1.64. The van der Waals surface area contributed by atoms with Crippen LogP contribution in [0.5, 0.6) is 0 Å². The molecule has 1 fully saturated rings. The maximum absolute atomic E-state index is 13.0. The van der Waals surface area contributed by atoms with Gasteiger partial charge in [-0.25, -0.2) is 9.78 Å². The van der Waals surface area contributed by atoms with Gasteiger partial charge in [-0.05, 0) is 25.7 Å². The van der Waals surface area contributed by atoms with Crippen molar-refractivity contribution in [2.24, 2.45) is 11.7 Å². The van der Waals surface area contributed by atoms with Gasteiger partial charge in [0.05, 0.1) is 18.5 Å². The zero-order valence-electron chi connectivity index (χ0n) is 18.4. The second kappa shape index (κ2) is 11.0. The van der Waals surface area contributed by atoms with Crippen LogP contribution in [0, 0.1) is 5.92 Å². The van der Waals surface area contributed by atoms with Crippen LogP contribution in [0.25, 0.3) is 0 Å². The van der Waals surface area contributed by atoms with Gasteiger partial charge in [-0.1, -0.05) is 13.8 Å². The van der Waals surface area contributed by atoms with Crippen molar-refractivity contribution in [3.63, 3.8) is 0 Å². The molecule has 1 aromatic rings. The van der Waals surface area contributed by atoms with Crippen LogP contribution in [0.1, 0.15) is 39.3 Å². The average Bonchev–Trinajstić information content (AvgIpc) is 3.40. The number of aromatic amines is 1. The number of nitrogens with one attached hydrogen (secondary N) is 3. The molecule has 0 saturated carbocycles. The highest BCUT2D eigenvalue weighted by Gasteiger charge is 2.39. The molecule has 5 atom stereocenters. The third kappa shape index (κ3) is 6.26. The fourth-order valence-electron chi connectivity index (χ4n) is 3.61. The molecular weight excluding hydrogens is 420 g/mol. The molecule has 2 rings (SSSR count). The molecule has 0 aromatic carbocycles. The van der Waals surface area contributed by atoms with Gasteiger partial charge in [0, 0.05) is 24.9 Å². The van der Waals surface area contributed by atoms with E-state index >= 15 is 0 Å². The molecule has 0 spiro atoms. The highest BCUT2D eigenvalue weighted by molar-refractivity contribution is 5.94. The summed E-state index contributed by atoms with van der Waals surface area (Å²) in [6.45, 7) is 5.04. The van der Waals surface area contributed by atoms with Crippen molar-refractivity contribution >= 4 is 23.7 Å².